The number of hydrogen-bond acceptors (Lipinski definition) is 2. The number of carbonyl (C=O) groups is 1. The molecule has 0 saturated heterocycles. The van der Waals surface area contributed by atoms with Crippen LogP contribution in [0.3, 0.4) is 0 Å². The van der Waals surface area contributed by atoms with Crippen molar-refractivity contribution in [2.24, 2.45) is 0 Å². The maximum atomic E-state index is 11.3. The van der Waals surface area contributed by atoms with E-state index in [1.54, 1.807) is 25.1 Å². The van der Waals surface area contributed by atoms with Gasteiger partial charge in [-0.15, -0.1) is 0 Å². The molecule has 0 unspecified atom stereocenters. The van der Waals surface area contributed by atoms with Crippen LogP contribution in [0.5, 0.6) is 0 Å². The Morgan fingerprint density at radius 2 is 2.38 bits per heavy atom. The number of aliphatic hydroxyl groups is 1. The number of carbonyl (C=O) groups excluding carboxylic acids is 1. The molecule has 86 valence electrons. The van der Waals surface area contributed by atoms with Gasteiger partial charge in [-0.2, -0.15) is 0 Å². The van der Waals surface area contributed by atoms with Crippen LogP contribution < -0.4 is 5.32 Å². The fourth-order valence-electron chi connectivity index (χ4n) is 1.12. The minimum absolute atomic E-state index is 0.0727. The molecule has 0 aliphatic carbocycles. The topological polar surface area (TPSA) is 49.3 Å². The summed E-state index contributed by atoms with van der Waals surface area (Å²) in [7, 11) is 0. The van der Waals surface area contributed by atoms with Crippen LogP contribution in [-0.2, 0) is 4.79 Å². The summed E-state index contributed by atoms with van der Waals surface area (Å²) in [5, 5.41) is 12.0. The average molecular weight is 240 g/mol. The van der Waals surface area contributed by atoms with Gasteiger partial charge in [-0.25, -0.2) is 0 Å². The normalized spacial score (nSPS) is 12.7. The zero-order chi connectivity index (χ0) is 12.0. The zero-order valence-corrected chi connectivity index (χ0v) is 9.74. The highest BCUT2D eigenvalue weighted by molar-refractivity contribution is 6.30. The molecule has 1 amide bonds. The lowest BCUT2D eigenvalue weighted by molar-refractivity contribution is -0.117. The summed E-state index contributed by atoms with van der Waals surface area (Å²) >= 11 is 5.80. The fourth-order valence-corrected chi connectivity index (χ4v) is 1.32. The molecule has 0 aliphatic rings. The van der Waals surface area contributed by atoms with Crippen molar-refractivity contribution < 1.29 is 9.90 Å². The number of rotatable bonds is 4. The van der Waals surface area contributed by atoms with Crippen LogP contribution in [0.25, 0.3) is 6.08 Å². The highest BCUT2D eigenvalue weighted by Gasteiger charge is 2.01. The maximum Gasteiger partial charge on any atom is 0.244 e. The molecule has 0 bridgehead atoms. The number of halogens is 1. The molecular formula is C12H14ClNO2. The van der Waals surface area contributed by atoms with Crippen LogP contribution in [-0.4, -0.2) is 23.7 Å². The average Bonchev–Trinajstić information content (AvgIpc) is 2.26. The van der Waals surface area contributed by atoms with Gasteiger partial charge in [0, 0.05) is 17.1 Å². The van der Waals surface area contributed by atoms with E-state index in [1.807, 2.05) is 12.1 Å². The molecule has 1 aromatic carbocycles. The van der Waals surface area contributed by atoms with Crippen molar-refractivity contribution in [3.8, 4) is 0 Å². The molecule has 0 aromatic heterocycles. The number of amides is 1. The van der Waals surface area contributed by atoms with Gasteiger partial charge in [0.2, 0.25) is 5.91 Å². The van der Waals surface area contributed by atoms with Crippen LogP contribution in [0.4, 0.5) is 0 Å². The Morgan fingerprint density at radius 3 is 3.00 bits per heavy atom. The quantitative estimate of drug-likeness (QED) is 0.788. The highest BCUT2D eigenvalue weighted by atomic mass is 35.5. The second-order valence-corrected chi connectivity index (χ2v) is 3.92. The third kappa shape index (κ3) is 4.47. The Labute approximate surface area is 99.7 Å². The van der Waals surface area contributed by atoms with Gasteiger partial charge < -0.3 is 10.4 Å². The number of benzene rings is 1. The fraction of sp³-hybridized carbons (Fsp3) is 0.250. The van der Waals surface area contributed by atoms with Crippen LogP contribution >= 0.6 is 11.6 Å². The van der Waals surface area contributed by atoms with E-state index in [1.165, 1.54) is 6.08 Å². The van der Waals surface area contributed by atoms with Crippen molar-refractivity contribution in [2.45, 2.75) is 13.0 Å². The zero-order valence-electron chi connectivity index (χ0n) is 8.98. The Morgan fingerprint density at radius 1 is 1.62 bits per heavy atom. The molecule has 3 nitrogen and oxygen atoms in total. The first-order chi connectivity index (χ1) is 7.61. The van der Waals surface area contributed by atoms with Crippen LogP contribution in [0, 0.1) is 0 Å². The van der Waals surface area contributed by atoms with E-state index in [0.29, 0.717) is 5.02 Å². The van der Waals surface area contributed by atoms with Crippen molar-refractivity contribution in [1.82, 2.24) is 5.32 Å². The molecule has 0 heterocycles. The van der Waals surface area contributed by atoms with E-state index in [9.17, 15) is 4.79 Å². The first-order valence-electron chi connectivity index (χ1n) is 4.97. The molecule has 1 rings (SSSR count). The molecule has 0 fully saturated rings. The molecule has 0 spiro atoms. The molecule has 16 heavy (non-hydrogen) atoms. The number of aliphatic hydroxyl groups excluding tert-OH is 1. The van der Waals surface area contributed by atoms with Gasteiger partial charge in [0.25, 0.3) is 0 Å². The van der Waals surface area contributed by atoms with Gasteiger partial charge in [-0.05, 0) is 30.7 Å². The lowest BCUT2D eigenvalue weighted by Gasteiger charge is -2.07. The molecule has 0 radical (unpaired) electrons. The van der Waals surface area contributed by atoms with Crippen molar-refractivity contribution in [3.63, 3.8) is 0 Å². The Hall–Kier alpha value is -1.32. The van der Waals surface area contributed by atoms with Gasteiger partial charge in [0.1, 0.15) is 0 Å². The number of hydrogen-bond donors (Lipinski definition) is 2. The lowest BCUT2D eigenvalue weighted by atomic mass is 10.2. The van der Waals surface area contributed by atoms with E-state index in [2.05, 4.69) is 5.32 Å². The van der Waals surface area contributed by atoms with Crippen LogP contribution in [0.2, 0.25) is 5.02 Å². The Kier molecular flexibility index (Phi) is 5.02. The van der Waals surface area contributed by atoms with Crippen molar-refractivity contribution >= 4 is 23.6 Å². The standard InChI is InChI=1S/C12H14ClNO2/c1-9(8-15)14-12(16)6-5-10-3-2-4-11(13)7-10/h2-7,9,15H,8H2,1H3,(H,14,16)/t9-/m1/s1. The molecule has 4 heteroatoms. The summed E-state index contributed by atoms with van der Waals surface area (Å²) in [6.07, 6.45) is 3.09. The minimum Gasteiger partial charge on any atom is -0.394 e. The van der Waals surface area contributed by atoms with Gasteiger partial charge in [0.15, 0.2) is 0 Å². The smallest absolute Gasteiger partial charge is 0.244 e. The van der Waals surface area contributed by atoms with Crippen molar-refractivity contribution in [3.05, 3.63) is 40.9 Å². The second-order valence-electron chi connectivity index (χ2n) is 3.48. The number of nitrogens with one attached hydrogen (secondary N) is 1. The maximum absolute atomic E-state index is 11.3. The monoisotopic (exact) mass is 239 g/mol. The SMILES string of the molecule is C[C@H](CO)NC(=O)C=Cc1cccc(Cl)c1. The third-order valence-corrected chi connectivity index (χ3v) is 2.17. The van der Waals surface area contributed by atoms with E-state index in [4.69, 9.17) is 16.7 Å². The third-order valence-electron chi connectivity index (χ3n) is 1.94. The van der Waals surface area contributed by atoms with E-state index < -0.39 is 0 Å². The summed E-state index contributed by atoms with van der Waals surface area (Å²) in [5.41, 5.74) is 0.860. The van der Waals surface area contributed by atoms with Crippen LogP contribution in [0.1, 0.15) is 12.5 Å². The van der Waals surface area contributed by atoms with Crippen molar-refractivity contribution in [2.75, 3.05) is 6.61 Å². The first kappa shape index (κ1) is 12.7. The van der Waals surface area contributed by atoms with E-state index in [0.717, 1.165) is 5.56 Å². The summed E-state index contributed by atoms with van der Waals surface area (Å²) < 4.78 is 0. The van der Waals surface area contributed by atoms with E-state index in [-0.39, 0.29) is 18.6 Å². The van der Waals surface area contributed by atoms with Gasteiger partial charge in [-0.1, -0.05) is 23.7 Å². The molecular weight excluding hydrogens is 226 g/mol. The second kappa shape index (κ2) is 6.30. The highest BCUT2D eigenvalue weighted by Crippen LogP contribution is 2.11. The van der Waals surface area contributed by atoms with Crippen LogP contribution in [0.15, 0.2) is 30.3 Å². The molecule has 1 atom stereocenters. The van der Waals surface area contributed by atoms with E-state index >= 15 is 0 Å². The van der Waals surface area contributed by atoms with Gasteiger partial charge in [-0.3, -0.25) is 4.79 Å². The van der Waals surface area contributed by atoms with Gasteiger partial charge in [0.05, 0.1) is 6.61 Å². The minimum atomic E-state index is -0.239. The van der Waals surface area contributed by atoms with Gasteiger partial charge >= 0.3 is 0 Å². The molecule has 0 saturated carbocycles. The largest absolute Gasteiger partial charge is 0.394 e. The summed E-state index contributed by atoms with van der Waals surface area (Å²) in [6, 6.07) is 6.96. The predicted molar refractivity (Wildman–Crippen MR) is 65.2 cm³/mol. The Balaban J connectivity index is 2.56. The Bertz CT molecular complexity index is 390. The molecule has 1 aromatic rings. The van der Waals surface area contributed by atoms with Crippen molar-refractivity contribution in [1.29, 1.82) is 0 Å². The summed E-state index contributed by atoms with van der Waals surface area (Å²) in [5.74, 6) is -0.235. The summed E-state index contributed by atoms with van der Waals surface area (Å²) in [4.78, 5) is 11.3. The predicted octanol–water partition coefficient (Wildman–Crippen LogP) is 1.85. The first-order valence-corrected chi connectivity index (χ1v) is 5.34. The lowest BCUT2D eigenvalue weighted by Crippen LogP contribution is -2.33. The molecule has 0 aliphatic heterocycles. The summed E-state index contributed by atoms with van der Waals surface area (Å²) in [6.45, 7) is 1.65. The molecule has 2 N–H and O–H groups in total.